The predicted molar refractivity (Wildman–Crippen MR) is 206 cm³/mol. The molecule has 2 heterocycles. The summed E-state index contributed by atoms with van der Waals surface area (Å²) in [5.74, 6) is 2.52. The fourth-order valence-corrected chi connectivity index (χ4v) is 8.34. The van der Waals surface area contributed by atoms with E-state index in [4.69, 9.17) is 14.7 Å². The van der Waals surface area contributed by atoms with Crippen molar-refractivity contribution < 1.29 is 4.74 Å². The van der Waals surface area contributed by atoms with Gasteiger partial charge in [-0.15, -0.1) is 0 Å². The molecule has 240 valence electrons. The Morgan fingerprint density at radius 1 is 0.392 bits per heavy atom. The molecule has 0 saturated carbocycles. The minimum Gasteiger partial charge on any atom is -0.457 e. The van der Waals surface area contributed by atoms with E-state index in [2.05, 4.69) is 159 Å². The van der Waals surface area contributed by atoms with Crippen LogP contribution in [0.3, 0.4) is 0 Å². The third-order valence-electron chi connectivity index (χ3n) is 10.6. The highest BCUT2D eigenvalue weighted by atomic mass is 16.5. The summed E-state index contributed by atoms with van der Waals surface area (Å²) in [5, 5.41) is 0. The van der Waals surface area contributed by atoms with Crippen LogP contribution in [0.2, 0.25) is 0 Å². The molecular formula is C48H32N2O. The van der Waals surface area contributed by atoms with Crippen LogP contribution in [0, 0.1) is 6.92 Å². The van der Waals surface area contributed by atoms with Crippen LogP contribution >= 0.6 is 0 Å². The van der Waals surface area contributed by atoms with Gasteiger partial charge in [-0.2, -0.15) is 0 Å². The summed E-state index contributed by atoms with van der Waals surface area (Å²) in [4.78, 5) is 10.2. The van der Waals surface area contributed by atoms with Gasteiger partial charge in [0.05, 0.1) is 16.8 Å². The predicted octanol–water partition coefficient (Wildman–Crippen LogP) is 11.9. The SMILES string of the molecule is Cc1c(-c2ccccc2)nc(-c2ccccc2)nc1-c1ccc(-c2cccc3c2-c2ccccc2C32c3ccccc3Oc3ccccc32)cc1. The Morgan fingerprint density at radius 2 is 0.863 bits per heavy atom. The van der Waals surface area contributed by atoms with Gasteiger partial charge in [0.25, 0.3) is 0 Å². The summed E-state index contributed by atoms with van der Waals surface area (Å²) in [6, 6.07) is 62.3. The van der Waals surface area contributed by atoms with E-state index < -0.39 is 5.41 Å². The van der Waals surface area contributed by atoms with Crippen molar-refractivity contribution in [3.8, 4) is 67.7 Å². The Hall–Kier alpha value is -6.58. The summed E-state index contributed by atoms with van der Waals surface area (Å²) >= 11 is 0. The lowest BCUT2D eigenvalue weighted by atomic mass is 9.66. The molecule has 8 aromatic rings. The number of hydrogen-bond acceptors (Lipinski definition) is 3. The molecule has 0 bridgehead atoms. The maximum atomic E-state index is 6.54. The fourth-order valence-electron chi connectivity index (χ4n) is 8.34. The van der Waals surface area contributed by atoms with Gasteiger partial charge in [-0.3, -0.25) is 0 Å². The molecule has 0 atom stereocenters. The lowest BCUT2D eigenvalue weighted by Gasteiger charge is -2.39. The molecule has 0 unspecified atom stereocenters. The van der Waals surface area contributed by atoms with Gasteiger partial charge in [-0.25, -0.2) is 9.97 Å². The number of ether oxygens (including phenoxy) is 1. The second-order valence-electron chi connectivity index (χ2n) is 13.3. The molecule has 0 amide bonds. The van der Waals surface area contributed by atoms with Crippen molar-refractivity contribution in [2.75, 3.05) is 0 Å². The molecule has 10 rings (SSSR count). The zero-order valence-electron chi connectivity index (χ0n) is 28.0. The Labute approximate surface area is 297 Å². The van der Waals surface area contributed by atoms with Crippen LogP contribution in [-0.4, -0.2) is 9.97 Å². The topological polar surface area (TPSA) is 35.0 Å². The Bertz CT molecular complexity index is 2560. The van der Waals surface area contributed by atoms with Gasteiger partial charge >= 0.3 is 0 Å². The first-order chi connectivity index (χ1) is 25.2. The minimum atomic E-state index is -0.493. The average Bonchev–Trinajstić information content (AvgIpc) is 3.50. The van der Waals surface area contributed by atoms with Crippen molar-refractivity contribution in [2.45, 2.75) is 12.3 Å². The fraction of sp³-hybridized carbons (Fsp3) is 0.0417. The van der Waals surface area contributed by atoms with E-state index >= 15 is 0 Å². The summed E-state index contributed by atoms with van der Waals surface area (Å²) in [7, 11) is 0. The van der Waals surface area contributed by atoms with Crippen molar-refractivity contribution in [3.63, 3.8) is 0 Å². The average molecular weight is 653 g/mol. The van der Waals surface area contributed by atoms with Crippen molar-refractivity contribution in [1.29, 1.82) is 0 Å². The quantitative estimate of drug-likeness (QED) is 0.190. The van der Waals surface area contributed by atoms with E-state index in [9.17, 15) is 0 Å². The van der Waals surface area contributed by atoms with Crippen molar-refractivity contribution >= 4 is 0 Å². The molecule has 0 radical (unpaired) electrons. The minimum absolute atomic E-state index is 0.493. The summed E-state index contributed by atoms with van der Waals surface area (Å²) in [6.45, 7) is 2.13. The molecule has 7 aromatic carbocycles. The van der Waals surface area contributed by atoms with Gasteiger partial charge in [-0.05, 0) is 52.4 Å². The lowest BCUT2D eigenvalue weighted by Crippen LogP contribution is -2.32. The van der Waals surface area contributed by atoms with Gasteiger partial charge in [-0.1, -0.05) is 164 Å². The highest BCUT2D eigenvalue weighted by molar-refractivity contribution is 5.96. The van der Waals surface area contributed by atoms with E-state index in [1.165, 1.54) is 38.9 Å². The van der Waals surface area contributed by atoms with Crippen LogP contribution < -0.4 is 4.74 Å². The second-order valence-corrected chi connectivity index (χ2v) is 13.3. The third kappa shape index (κ3) is 4.38. The Balaban J connectivity index is 1.15. The van der Waals surface area contributed by atoms with Crippen LogP contribution in [0.25, 0.3) is 56.2 Å². The zero-order chi connectivity index (χ0) is 33.9. The van der Waals surface area contributed by atoms with Gasteiger partial charge in [0, 0.05) is 33.4 Å². The molecule has 0 fully saturated rings. The number of nitrogens with zero attached hydrogens (tertiary/aromatic N) is 2. The highest BCUT2D eigenvalue weighted by Crippen LogP contribution is 2.63. The standard InChI is InChI=1S/C48H32N2O/c1-31-45(33-15-4-2-5-16-33)49-47(35-17-6-3-7-18-35)50-46(31)34-29-27-32(28-30-34)36-20-14-24-41-44(36)37-19-8-9-21-38(37)48(41)39-22-10-12-25-42(39)51-43-26-13-11-23-40(43)48/h2-30H,1H3. The summed E-state index contributed by atoms with van der Waals surface area (Å²) < 4.78 is 6.54. The molecule has 1 aromatic heterocycles. The number of para-hydroxylation sites is 2. The first-order valence-corrected chi connectivity index (χ1v) is 17.4. The van der Waals surface area contributed by atoms with Gasteiger partial charge < -0.3 is 4.74 Å². The maximum Gasteiger partial charge on any atom is 0.160 e. The molecule has 3 nitrogen and oxygen atoms in total. The van der Waals surface area contributed by atoms with Crippen molar-refractivity contribution in [2.24, 2.45) is 0 Å². The van der Waals surface area contributed by atoms with Gasteiger partial charge in [0.2, 0.25) is 0 Å². The third-order valence-corrected chi connectivity index (χ3v) is 10.6. The van der Waals surface area contributed by atoms with Crippen molar-refractivity contribution in [3.05, 3.63) is 204 Å². The molecule has 1 aliphatic heterocycles. The van der Waals surface area contributed by atoms with Crippen LogP contribution in [-0.2, 0) is 5.41 Å². The monoisotopic (exact) mass is 652 g/mol. The normalized spacial score (nSPS) is 13.1. The molecule has 1 spiro atoms. The molecule has 3 heteroatoms. The van der Waals surface area contributed by atoms with Crippen LogP contribution in [0.1, 0.15) is 27.8 Å². The summed E-state index contributed by atoms with van der Waals surface area (Å²) in [6.07, 6.45) is 0. The molecule has 0 N–H and O–H groups in total. The zero-order valence-corrected chi connectivity index (χ0v) is 28.0. The van der Waals surface area contributed by atoms with E-state index in [1.54, 1.807) is 0 Å². The largest absolute Gasteiger partial charge is 0.457 e. The number of fused-ring (bicyclic) bond motifs is 9. The molecule has 0 saturated heterocycles. The lowest BCUT2D eigenvalue weighted by molar-refractivity contribution is 0.436. The van der Waals surface area contributed by atoms with E-state index in [0.717, 1.165) is 56.5 Å². The van der Waals surface area contributed by atoms with E-state index in [-0.39, 0.29) is 0 Å². The number of hydrogen-bond donors (Lipinski definition) is 0. The molecular weight excluding hydrogens is 621 g/mol. The number of benzene rings is 7. The van der Waals surface area contributed by atoms with Crippen LogP contribution in [0.15, 0.2) is 176 Å². The smallest absolute Gasteiger partial charge is 0.160 e. The maximum absolute atomic E-state index is 6.54. The van der Waals surface area contributed by atoms with E-state index in [1.807, 2.05) is 24.3 Å². The number of rotatable bonds is 4. The van der Waals surface area contributed by atoms with Gasteiger partial charge in [0.15, 0.2) is 5.82 Å². The first kappa shape index (κ1) is 29.3. The Morgan fingerprint density at radius 3 is 1.51 bits per heavy atom. The van der Waals surface area contributed by atoms with Gasteiger partial charge in [0.1, 0.15) is 11.5 Å². The number of aromatic nitrogens is 2. The van der Waals surface area contributed by atoms with E-state index in [0.29, 0.717) is 0 Å². The first-order valence-electron chi connectivity index (χ1n) is 17.4. The molecule has 51 heavy (non-hydrogen) atoms. The summed E-state index contributed by atoms with van der Waals surface area (Å²) in [5.41, 5.74) is 15.4. The van der Waals surface area contributed by atoms with Crippen molar-refractivity contribution in [1.82, 2.24) is 9.97 Å². The van der Waals surface area contributed by atoms with Crippen LogP contribution in [0.5, 0.6) is 11.5 Å². The Kier molecular flexibility index (Phi) is 6.62. The van der Waals surface area contributed by atoms with Crippen LogP contribution in [0.4, 0.5) is 0 Å². The molecule has 2 aliphatic rings. The molecule has 1 aliphatic carbocycles. The second kappa shape index (κ2) is 11.5. The highest BCUT2D eigenvalue weighted by Gasteiger charge is 2.51.